The van der Waals surface area contributed by atoms with Crippen LogP contribution in [-0.4, -0.2) is 30.9 Å². The quantitative estimate of drug-likeness (QED) is 0.353. The summed E-state index contributed by atoms with van der Waals surface area (Å²) in [5, 5.41) is 14.1. The van der Waals surface area contributed by atoms with Crippen molar-refractivity contribution in [3.63, 3.8) is 0 Å². The van der Waals surface area contributed by atoms with Crippen molar-refractivity contribution in [1.82, 2.24) is 5.32 Å². The van der Waals surface area contributed by atoms with Crippen molar-refractivity contribution in [2.24, 2.45) is 0 Å². The van der Waals surface area contributed by atoms with Crippen molar-refractivity contribution < 1.29 is 24.2 Å². The lowest BCUT2D eigenvalue weighted by molar-refractivity contribution is -0.137. The van der Waals surface area contributed by atoms with Gasteiger partial charge in [0.1, 0.15) is 12.4 Å². The summed E-state index contributed by atoms with van der Waals surface area (Å²) >= 11 is 0. The number of nitrogens with one attached hydrogen (secondary N) is 1. The summed E-state index contributed by atoms with van der Waals surface area (Å²) in [5.74, 6) is -0.338. The molecule has 0 radical (unpaired) electrons. The van der Waals surface area contributed by atoms with Gasteiger partial charge in [-0.3, -0.25) is 4.79 Å². The number of carboxylic acids is 1. The first-order valence-electron chi connectivity index (χ1n) is 11.4. The van der Waals surface area contributed by atoms with Gasteiger partial charge in [0.2, 0.25) is 0 Å². The molecular weight excluding hydrogens is 442 g/mol. The highest BCUT2D eigenvalue weighted by Gasteiger charge is 2.29. The third-order valence-corrected chi connectivity index (χ3v) is 6.49. The van der Waals surface area contributed by atoms with Gasteiger partial charge in [-0.2, -0.15) is 0 Å². The zero-order valence-corrected chi connectivity index (χ0v) is 19.2. The molecular formula is C29H25NO5. The molecule has 0 heterocycles. The Labute approximate surface area is 203 Å². The van der Waals surface area contributed by atoms with Gasteiger partial charge in [-0.05, 0) is 56.8 Å². The first-order valence-corrected chi connectivity index (χ1v) is 11.4. The normalized spacial score (nSPS) is 13.1. The van der Waals surface area contributed by atoms with Crippen molar-refractivity contribution in [1.29, 1.82) is 0 Å². The summed E-state index contributed by atoms with van der Waals surface area (Å²) < 4.78 is 10.9. The zero-order chi connectivity index (χ0) is 24.4. The molecule has 2 N–H and O–H groups in total. The number of methoxy groups -OCH3 is 1. The van der Waals surface area contributed by atoms with E-state index in [9.17, 15) is 14.7 Å². The number of ether oxygens (including phenoxy) is 2. The molecule has 0 aliphatic heterocycles. The Balaban J connectivity index is 1.33. The molecule has 1 atom stereocenters. The molecule has 4 aromatic carbocycles. The summed E-state index contributed by atoms with van der Waals surface area (Å²) in [6.07, 6.45) is -0.904. The molecule has 5 rings (SSSR count). The smallest absolute Gasteiger partial charge is 0.407 e. The Bertz CT molecular complexity index is 1370. The van der Waals surface area contributed by atoms with E-state index in [-0.39, 0.29) is 18.9 Å². The molecule has 0 bridgehead atoms. The monoisotopic (exact) mass is 467 g/mol. The van der Waals surface area contributed by atoms with E-state index in [0.717, 1.165) is 38.8 Å². The van der Waals surface area contributed by atoms with Gasteiger partial charge in [0.15, 0.2) is 0 Å². The van der Waals surface area contributed by atoms with Crippen LogP contribution in [0.25, 0.3) is 21.9 Å². The van der Waals surface area contributed by atoms with Crippen LogP contribution in [0.4, 0.5) is 4.79 Å². The number of carbonyl (C=O) groups is 2. The summed E-state index contributed by atoms with van der Waals surface area (Å²) in [6.45, 7) is 0.164. The zero-order valence-electron chi connectivity index (χ0n) is 19.2. The minimum atomic E-state index is -1.01. The molecule has 4 aromatic rings. The van der Waals surface area contributed by atoms with Crippen LogP contribution >= 0.6 is 0 Å². The van der Waals surface area contributed by atoms with Gasteiger partial charge in [-0.15, -0.1) is 0 Å². The van der Waals surface area contributed by atoms with Crippen LogP contribution < -0.4 is 10.1 Å². The maximum Gasteiger partial charge on any atom is 0.407 e. The molecule has 6 heteroatoms. The van der Waals surface area contributed by atoms with Crippen molar-refractivity contribution in [3.05, 3.63) is 102 Å². The fourth-order valence-electron chi connectivity index (χ4n) is 4.80. The highest BCUT2D eigenvalue weighted by atomic mass is 16.5. The molecule has 1 aliphatic rings. The van der Waals surface area contributed by atoms with Crippen LogP contribution in [0.3, 0.4) is 0 Å². The lowest BCUT2D eigenvalue weighted by Crippen LogP contribution is -2.31. The van der Waals surface area contributed by atoms with E-state index in [4.69, 9.17) is 9.47 Å². The van der Waals surface area contributed by atoms with Gasteiger partial charge in [-0.1, -0.05) is 66.7 Å². The Morgan fingerprint density at radius 2 is 1.51 bits per heavy atom. The van der Waals surface area contributed by atoms with Crippen molar-refractivity contribution in [2.45, 2.75) is 18.4 Å². The first kappa shape index (κ1) is 22.5. The second-order valence-corrected chi connectivity index (χ2v) is 8.59. The van der Waals surface area contributed by atoms with Crippen LogP contribution in [0.5, 0.6) is 5.75 Å². The molecule has 6 nitrogen and oxygen atoms in total. The predicted octanol–water partition coefficient (Wildman–Crippen LogP) is 5.90. The first-order chi connectivity index (χ1) is 17.0. The molecule has 0 unspecified atom stereocenters. The molecule has 1 amide bonds. The van der Waals surface area contributed by atoms with Gasteiger partial charge in [0, 0.05) is 5.92 Å². The topological polar surface area (TPSA) is 84.9 Å². The van der Waals surface area contributed by atoms with Crippen LogP contribution in [0.2, 0.25) is 0 Å². The number of alkyl carbamates (subject to hydrolysis) is 1. The maximum atomic E-state index is 12.8. The van der Waals surface area contributed by atoms with E-state index in [1.807, 2.05) is 60.7 Å². The summed E-state index contributed by atoms with van der Waals surface area (Å²) in [7, 11) is 1.61. The second-order valence-electron chi connectivity index (χ2n) is 8.59. The van der Waals surface area contributed by atoms with Crippen LogP contribution in [0, 0.1) is 0 Å². The SMILES string of the molecule is COc1ccc2cc([C@@H](CC(=O)O)NC(=O)OCC3c4ccccc4-c4ccccc43)ccc2c1. The minimum absolute atomic E-state index is 0.0678. The van der Waals surface area contributed by atoms with Gasteiger partial charge in [-0.25, -0.2) is 4.79 Å². The highest BCUT2D eigenvalue weighted by molar-refractivity contribution is 5.85. The second kappa shape index (κ2) is 9.50. The lowest BCUT2D eigenvalue weighted by Gasteiger charge is -2.20. The number of carbonyl (C=O) groups excluding carboxylic acids is 1. The highest BCUT2D eigenvalue weighted by Crippen LogP contribution is 2.44. The number of aliphatic carboxylic acids is 1. The van der Waals surface area contributed by atoms with E-state index in [0.29, 0.717) is 5.56 Å². The number of rotatable bonds is 7. The van der Waals surface area contributed by atoms with E-state index >= 15 is 0 Å². The van der Waals surface area contributed by atoms with E-state index < -0.39 is 18.1 Å². The number of benzene rings is 4. The van der Waals surface area contributed by atoms with Gasteiger partial charge >= 0.3 is 12.1 Å². The number of amides is 1. The third kappa shape index (κ3) is 4.55. The molecule has 0 fully saturated rings. The standard InChI is InChI=1S/C29H25NO5/c1-34-21-13-12-18-14-20(11-10-19(18)15-21)27(16-28(31)32)30-29(33)35-17-26-24-8-4-2-6-22(24)23-7-3-5-9-25(23)26/h2-15,26-27H,16-17H2,1H3,(H,30,33)(H,31,32)/t27-/m1/s1. The molecule has 176 valence electrons. The fraction of sp³-hybridized carbons (Fsp3) is 0.172. The Kier molecular flexibility index (Phi) is 6.10. The van der Waals surface area contributed by atoms with E-state index in [1.54, 1.807) is 7.11 Å². The Morgan fingerprint density at radius 3 is 2.17 bits per heavy atom. The van der Waals surface area contributed by atoms with E-state index in [2.05, 4.69) is 29.6 Å². The number of hydrogen-bond donors (Lipinski definition) is 2. The maximum absolute atomic E-state index is 12.8. The van der Waals surface area contributed by atoms with Crippen molar-refractivity contribution >= 4 is 22.8 Å². The fourth-order valence-corrected chi connectivity index (χ4v) is 4.80. The molecule has 0 saturated heterocycles. The lowest BCUT2D eigenvalue weighted by atomic mass is 9.98. The third-order valence-electron chi connectivity index (χ3n) is 6.49. The van der Waals surface area contributed by atoms with Gasteiger partial charge in [0.05, 0.1) is 19.6 Å². The molecule has 0 aromatic heterocycles. The molecule has 0 spiro atoms. The number of carboxylic acid groups (broad SMARTS) is 1. The average Bonchev–Trinajstić information content (AvgIpc) is 3.20. The molecule has 35 heavy (non-hydrogen) atoms. The summed E-state index contributed by atoms with van der Waals surface area (Å²) in [4.78, 5) is 24.3. The van der Waals surface area contributed by atoms with Gasteiger partial charge in [0.25, 0.3) is 0 Å². The van der Waals surface area contributed by atoms with Crippen LogP contribution in [0.15, 0.2) is 84.9 Å². The molecule has 0 saturated carbocycles. The number of fused-ring (bicyclic) bond motifs is 4. The number of hydrogen-bond acceptors (Lipinski definition) is 4. The van der Waals surface area contributed by atoms with E-state index in [1.165, 1.54) is 0 Å². The Morgan fingerprint density at radius 1 is 0.886 bits per heavy atom. The molecule has 1 aliphatic carbocycles. The summed E-state index contributed by atoms with van der Waals surface area (Å²) in [6, 6.07) is 26.7. The van der Waals surface area contributed by atoms with Crippen LogP contribution in [0.1, 0.15) is 35.1 Å². The Hall–Kier alpha value is -4.32. The predicted molar refractivity (Wildman–Crippen MR) is 134 cm³/mol. The van der Waals surface area contributed by atoms with Crippen molar-refractivity contribution in [3.8, 4) is 16.9 Å². The van der Waals surface area contributed by atoms with Crippen molar-refractivity contribution in [2.75, 3.05) is 13.7 Å². The van der Waals surface area contributed by atoms with Crippen LogP contribution in [-0.2, 0) is 9.53 Å². The minimum Gasteiger partial charge on any atom is -0.497 e. The summed E-state index contributed by atoms with van der Waals surface area (Å²) in [5.41, 5.74) is 5.22. The van der Waals surface area contributed by atoms with Gasteiger partial charge < -0.3 is 19.9 Å². The average molecular weight is 468 g/mol. The largest absolute Gasteiger partial charge is 0.497 e.